The van der Waals surface area contributed by atoms with E-state index in [1.165, 1.54) is 63.4 Å². The molecule has 1 aliphatic carbocycles. The molecule has 2 atom stereocenters. The standard InChI is InChI=1S/C24H38N2O2/c1-26-22-16-12-11-15-20(22)17-21(18-27)25-24(28)23(26)19-13-9-7-5-3-2-4-6-8-10-14-19/h11-12,15-16,19,21,23,27H,2-10,13-14,17-18H2,1H3,(H,25,28)/t21-,23-/m0/s1. The van der Waals surface area contributed by atoms with Crippen molar-refractivity contribution in [1.29, 1.82) is 0 Å². The van der Waals surface area contributed by atoms with Gasteiger partial charge in [-0.1, -0.05) is 76.0 Å². The van der Waals surface area contributed by atoms with E-state index in [9.17, 15) is 9.90 Å². The summed E-state index contributed by atoms with van der Waals surface area (Å²) < 4.78 is 0. The molecule has 1 aromatic rings. The van der Waals surface area contributed by atoms with Gasteiger partial charge in [-0.15, -0.1) is 0 Å². The maximum atomic E-state index is 13.3. The van der Waals surface area contributed by atoms with Crippen molar-refractivity contribution >= 4 is 11.6 Å². The van der Waals surface area contributed by atoms with Crippen LogP contribution in [0.3, 0.4) is 0 Å². The Morgan fingerprint density at radius 3 is 2.14 bits per heavy atom. The van der Waals surface area contributed by atoms with E-state index in [2.05, 4.69) is 41.5 Å². The molecule has 1 fully saturated rings. The molecule has 156 valence electrons. The molecule has 0 spiro atoms. The third-order valence-corrected chi connectivity index (χ3v) is 6.69. The van der Waals surface area contributed by atoms with Crippen LogP contribution in [0.1, 0.15) is 76.2 Å². The molecule has 2 aliphatic rings. The smallest absolute Gasteiger partial charge is 0.243 e. The number of para-hydroxylation sites is 1. The number of nitrogens with zero attached hydrogens (tertiary/aromatic N) is 1. The summed E-state index contributed by atoms with van der Waals surface area (Å²) >= 11 is 0. The quantitative estimate of drug-likeness (QED) is 0.790. The summed E-state index contributed by atoms with van der Waals surface area (Å²) in [6, 6.07) is 8.01. The number of aliphatic hydroxyl groups excluding tert-OH is 1. The number of carbonyl (C=O) groups excluding carboxylic acids is 1. The van der Waals surface area contributed by atoms with Crippen LogP contribution in [-0.2, 0) is 11.2 Å². The normalized spacial score (nSPS) is 26.2. The highest BCUT2D eigenvalue weighted by molar-refractivity contribution is 5.86. The van der Waals surface area contributed by atoms with Gasteiger partial charge in [0.2, 0.25) is 5.91 Å². The number of carbonyl (C=O) groups is 1. The molecule has 1 heterocycles. The van der Waals surface area contributed by atoms with Crippen molar-refractivity contribution in [2.75, 3.05) is 18.6 Å². The van der Waals surface area contributed by atoms with Gasteiger partial charge in [-0.3, -0.25) is 4.79 Å². The van der Waals surface area contributed by atoms with Crippen LogP contribution >= 0.6 is 0 Å². The highest BCUT2D eigenvalue weighted by Gasteiger charge is 2.35. The molecule has 1 aromatic carbocycles. The maximum absolute atomic E-state index is 13.3. The second-order valence-electron chi connectivity index (χ2n) is 8.80. The fourth-order valence-corrected chi connectivity index (χ4v) is 5.11. The molecule has 2 N–H and O–H groups in total. The van der Waals surface area contributed by atoms with Crippen molar-refractivity contribution in [3.05, 3.63) is 29.8 Å². The van der Waals surface area contributed by atoms with Crippen LogP contribution in [0, 0.1) is 5.92 Å². The lowest BCUT2D eigenvalue weighted by Crippen LogP contribution is -2.55. The summed E-state index contributed by atoms with van der Waals surface area (Å²) in [4.78, 5) is 15.5. The average molecular weight is 387 g/mol. The number of likely N-dealkylation sites (N-methyl/N-ethyl adjacent to an activating group) is 1. The number of hydrogen-bond donors (Lipinski definition) is 2. The fraction of sp³-hybridized carbons (Fsp3) is 0.708. The number of hydrogen-bond acceptors (Lipinski definition) is 3. The van der Waals surface area contributed by atoms with Crippen LogP contribution in [0.15, 0.2) is 24.3 Å². The van der Waals surface area contributed by atoms with Crippen molar-refractivity contribution < 1.29 is 9.90 Å². The fourth-order valence-electron chi connectivity index (χ4n) is 5.11. The van der Waals surface area contributed by atoms with Crippen LogP contribution in [0.2, 0.25) is 0 Å². The summed E-state index contributed by atoms with van der Waals surface area (Å²) in [5.74, 6) is 0.461. The monoisotopic (exact) mass is 386 g/mol. The molecule has 0 radical (unpaired) electrons. The molecule has 1 aliphatic heterocycles. The number of amides is 1. The summed E-state index contributed by atoms with van der Waals surface area (Å²) in [7, 11) is 2.08. The van der Waals surface area contributed by atoms with Gasteiger partial charge in [0.25, 0.3) is 0 Å². The van der Waals surface area contributed by atoms with Gasteiger partial charge in [0, 0.05) is 12.7 Å². The van der Waals surface area contributed by atoms with Gasteiger partial charge in [-0.2, -0.15) is 0 Å². The van der Waals surface area contributed by atoms with E-state index >= 15 is 0 Å². The van der Waals surface area contributed by atoms with Crippen molar-refractivity contribution in [1.82, 2.24) is 5.32 Å². The lowest BCUT2D eigenvalue weighted by molar-refractivity contribution is -0.124. The molecule has 4 heteroatoms. The Hall–Kier alpha value is -1.55. The molecular weight excluding hydrogens is 348 g/mol. The van der Waals surface area contributed by atoms with E-state index < -0.39 is 0 Å². The molecule has 3 rings (SSSR count). The van der Waals surface area contributed by atoms with E-state index in [1.54, 1.807) is 0 Å². The van der Waals surface area contributed by atoms with E-state index in [0.29, 0.717) is 12.3 Å². The third kappa shape index (κ3) is 5.50. The minimum absolute atomic E-state index is 0.0127. The first-order chi connectivity index (χ1) is 13.7. The summed E-state index contributed by atoms with van der Waals surface area (Å²) in [6.07, 6.45) is 14.7. The average Bonchev–Trinajstić information content (AvgIpc) is 2.68. The predicted octanol–water partition coefficient (Wildman–Crippen LogP) is 4.45. The Morgan fingerprint density at radius 2 is 1.54 bits per heavy atom. The van der Waals surface area contributed by atoms with Gasteiger partial charge in [0.1, 0.15) is 6.04 Å². The molecular formula is C24H38N2O2. The second kappa shape index (κ2) is 10.8. The number of aliphatic hydroxyl groups is 1. The number of nitrogens with one attached hydrogen (secondary N) is 1. The number of fused-ring (bicyclic) bond motifs is 1. The zero-order valence-electron chi connectivity index (χ0n) is 17.5. The summed E-state index contributed by atoms with van der Waals surface area (Å²) in [6.45, 7) is -0.0127. The van der Waals surface area contributed by atoms with Gasteiger partial charge < -0.3 is 15.3 Å². The number of anilines is 1. The first kappa shape index (κ1) is 21.2. The SMILES string of the molecule is CN1c2ccccc2C[C@@H](CO)NC(=O)[C@@H]1C1CCCCCCCCCCC1. The Bertz CT molecular complexity index is 606. The van der Waals surface area contributed by atoms with E-state index in [0.717, 1.165) is 18.5 Å². The second-order valence-corrected chi connectivity index (χ2v) is 8.80. The molecule has 0 aromatic heterocycles. The van der Waals surface area contributed by atoms with Crippen molar-refractivity contribution in [2.45, 2.75) is 89.1 Å². The third-order valence-electron chi connectivity index (χ3n) is 6.69. The van der Waals surface area contributed by atoms with Gasteiger partial charge in [-0.05, 0) is 36.8 Å². The molecule has 4 nitrogen and oxygen atoms in total. The topological polar surface area (TPSA) is 52.6 Å². The molecule has 0 saturated heterocycles. The van der Waals surface area contributed by atoms with Crippen LogP contribution in [0.4, 0.5) is 5.69 Å². The van der Waals surface area contributed by atoms with Crippen LogP contribution < -0.4 is 10.2 Å². The Morgan fingerprint density at radius 1 is 0.964 bits per heavy atom. The number of benzene rings is 1. The largest absolute Gasteiger partial charge is 0.394 e. The Kier molecular flexibility index (Phi) is 8.20. The van der Waals surface area contributed by atoms with Gasteiger partial charge in [0.15, 0.2) is 0 Å². The lowest BCUT2D eigenvalue weighted by Gasteiger charge is -2.39. The highest BCUT2D eigenvalue weighted by Crippen LogP contribution is 2.32. The first-order valence-electron chi connectivity index (χ1n) is 11.4. The maximum Gasteiger partial charge on any atom is 0.243 e. The van der Waals surface area contributed by atoms with Gasteiger partial charge in [-0.25, -0.2) is 0 Å². The molecule has 1 saturated carbocycles. The highest BCUT2D eigenvalue weighted by atomic mass is 16.3. The van der Waals surface area contributed by atoms with Crippen molar-refractivity contribution in [3.63, 3.8) is 0 Å². The number of rotatable bonds is 2. The van der Waals surface area contributed by atoms with E-state index in [-0.39, 0.29) is 24.6 Å². The van der Waals surface area contributed by atoms with E-state index in [4.69, 9.17) is 0 Å². The molecule has 0 unspecified atom stereocenters. The summed E-state index contributed by atoms with van der Waals surface area (Å²) in [5, 5.41) is 12.9. The van der Waals surface area contributed by atoms with Crippen molar-refractivity contribution in [2.24, 2.45) is 5.92 Å². The molecule has 0 bridgehead atoms. The Balaban J connectivity index is 1.84. The molecule has 1 amide bonds. The van der Waals surface area contributed by atoms with Gasteiger partial charge >= 0.3 is 0 Å². The van der Waals surface area contributed by atoms with Crippen LogP contribution in [0.25, 0.3) is 0 Å². The lowest BCUT2D eigenvalue weighted by atomic mass is 9.85. The van der Waals surface area contributed by atoms with Crippen LogP contribution in [0.5, 0.6) is 0 Å². The summed E-state index contributed by atoms with van der Waals surface area (Å²) in [5.41, 5.74) is 2.36. The zero-order chi connectivity index (χ0) is 19.8. The van der Waals surface area contributed by atoms with Crippen LogP contribution in [-0.4, -0.2) is 36.8 Å². The first-order valence-corrected chi connectivity index (χ1v) is 11.4. The van der Waals surface area contributed by atoms with Gasteiger partial charge in [0.05, 0.1) is 12.6 Å². The Labute approximate surface area is 170 Å². The minimum Gasteiger partial charge on any atom is -0.394 e. The van der Waals surface area contributed by atoms with Crippen molar-refractivity contribution in [3.8, 4) is 0 Å². The zero-order valence-corrected chi connectivity index (χ0v) is 17.5. The minimum atomic E-state index is -0.198. The predicted molar refractivity (Wildman–Crippen MR) is 116 cm³/mol. The van der Waals surface area contributed by atoms with E-state index in [1.807, 2.05) is 0 Å². The molecule has 28 heavy (non-hydrogen) atoms.